The first kappa shape index (κ1) is 17.7. The van der Waals surface area contributed by atoms with Gasteiger partial charge in [0.1, 0.15) is 28.2 Å². The Morgan fingerprint density at radius 3 is 2.19 bits per heavy atom. The maximum Gasteiger partial charge on any atom is 0.337 e. The lowest BCUT2D eigenvalue weighted by Crippen LogP contribution is -2.00. The molecule has 0 fully saturated rings. The summed E-state index contributed by atoms with van der Waals surface area (Å²) in [4.78, 5) is 15.5. The molecule has 2 aromatic carbocycles. The molecular weight excluding hydrogens is 361 g/mol. The highest BCUT2D eigenvalue weighted by molar-refractivity contribution is 6.29. The molecular formula is C19H13ClFNO4. The van der Waals surface area contributed by atoms with E-state index >= 15 is 0 Å². The Labute approximate surface area is 153 Å². The van der Waals surface area contributed by atoms with E-state index in [0.29, 0.717) is 22.8 Å². The molecule has 0 atom stereocenters. The Kier molecular flexibility index (Phi) is 5.34. The zero-order valence-corrected chi connectivity index (χ0v) is 14.4. The third-order valence-corrected chi connectivity index (χ3v) is 3.48. The molecule has 0 N–H and O–H groups in total. The molecule has 0 saturated carbocycles. The van der Waals surface area contributed by atoms with Crippen molar-refractivity contribution in [3.63, 3.8) is 0 Å². The van der Waals surface area contributed by atoms with E-state index < -0.39 is 5.97 Å². The number of methoxy groups -OCH3 is 1. The third-order valence-electron chi connectivity index (χ3n) is 3.29. The van der Waals surface area contributed by atoms with Crippen LogP contribution in [-0.2, 0) is 4.74 Å². The van der Waals surface area contributed by atoms with Crippen molar-refractivity contribution in [1.82, 2.24) is 4.98 Å². The van der Waals surface area contributed by atoms with Crippen LogP contribution in [0.3, 0.4) is 0 Å². The van der Waals surface area contributed by atoms with E-state index in [-0.39, 0.29) is 16.9 Å². The number of esters is 1. The third kappa shape index (κ3) is 4.49. The molecule has 0 aliphatic heterocycles. The van der Waals surface area contributed by atoms with Gasteiger partial charge in [0.05, 0.1) is 12.7 Å². The van der Waals surface area contributed by atoms with Crippen LogP contribution in [0, 0.1) is 5.82 Å². The van der Waals surface area contributed by atoms with Gasteiger partial charge in [-0.2, -0.15) is 0 Å². The van der Waals surface area contributed by atoms with E-state index in [1.54, 1.807) is 30.3 Å². The van der Waals surface area contributed by atoms with Gasteiger partial charge < -0.3 is 14.2 Å². The number of aromatic nitrogens is 1. The fourth-order valence-electron chi connectivity index (χ4n) is 2.10. The number of hydrogen-bond donors (Lipinski definition) is 0. The highest BCUT2D eigenvalue weighted by Crippen LogP contribution is 2.29. The molecule has 3 aromatic rings. The van der Waals surface area contributed by atoms with Gasteiger partial charge in [-0.1, -0.05) is 11.6 Å². The first-order valence-electron chi connectivity index (χ1n) is 7.51. The fourth-order valence-corrected chi connectivity index (χ4v) is 2.29. The lowest BCUT2D eigenvalue weighted by molar-refractivity contribution is 0.0600. The second-order valence-electron chi connectivity index (χ2n) is 5.14. The van der Waals surface area contributed by atoms with Gasteiger partial charge in [0, 0.05) is 12.1 Å². The summed E-state index contributed by atoms with van der Waals surface area (Å²) in [5.41, 5.74) is 0.402. The van der Waals surface area contributed by atoms with Gasteiger partial charge in [0.25, 0.3) is 0 Å². The Morgan fingerprint density at radius 1 is 0.923 bits per heavy atom. The molecule has 3 rings (SSSR count). The minimum Gasteiger partial charge on any atom is -0.465 e. The number of nitrogens with zero attached hydrogens (tertiary/aromatic N) is 1. The molecule has 0 aliphatic carbocycles. The fraction of sp³-hybridized carbons (Fsp3) is 0.0526. The Hall–Kier alpha value is -3.12. The summed E-state index contributed by atoms with van der Waals surface area (Å²) in [6.07, 6.45) is 0. The summed E-state index contributed by atoms with van der Waals surface area (Å²) < 4.78 is 28.9. The Balaban J connectivity index is 1.77. The van der Waals surface area contributed by atoms with Crippen LogP contribution in [0.4, 0.5) is 4.39 Å². The molecule has 1 heterocycles. The number of rotatable bonds is 5. The monoisotopic (exact) mass is 373 g/mol. The van der Waals surface area contributed by atoms with Gasteiger partial charge in [0.15, 0.2) is 0 Å². The SMILES string of the molecule is COC(=O)c1ccc(Oc2cc(Oc3ccc(F)cc3)cc(Cl)n2)cc1. The van der Waals surface area contributed by atoms with Crippen molar-refractivity contribution in [1.29, 1.82) is 0 Å². The van der Waals surface area contributed by atoms with Crippen LogP contribution in [0.5, 0.6) is 23.1 Å². The summed E-state index contributed by atoms with van der Waals surface area (Å²) in [7, 11) is 1.31. The molecule has 0 amide bonds. The van der Waals surface area contributed by atoms with Crippen LogP contribution in [0.25, 0.3) is 0 Å². The van der Waals surface area contributed by atoms with Gasteiger partial charge >= 0.3 is 5.97 Å². The highest BCUT2D eigenvalue weighted by atomic mass is 35.5. The minimum atomic E-state index is -0.438. The smallest absolute Gasteiger partial charge is 0.337 e. The predicted molar refractivity (Wildman–Crippen MR) is 93.6 cm³/mol. The summed E-state index contributed by atoms with van der Waals surface area (Å²) in [5.74, 6) is 0.706. The average Bonchev–Trinajstić information content (AvgIpc) is 2.63. The Bertz CT molecular complexity index is 914. The van der Waals surface area contributed by atoms with E-state index in [1.165, 1.54) is 37.4 Å². The molecule has 26 heavy (non-hydrogen) atoms. The number of pyridine rings is 1. The van der Waals surface area contributed by atoms with E-state index in [1.807, 2.05) is 0 Å². The number of hydrogen-bond acceptors (Lipinski definition) is 5. The first-order chi connectivity index (χ1) is 12.5. The summed E-state index contributed by atoms with van der Waals surface area (Å²) in [5, 5.41) is 0.172. The van der Waals surface area contributed by atoms with Crippen LogP contribution in [-0.4, -0.2) is 18.1 Å². The van der Waals surface area contributed by atoms with Crippen LogP contribution in [0.2, 0.25) is 5.15 Å². The molecule has 0 bridgehead atoms. The first-order valence-corrected chi connectivity index (χ1v) is 7.88. The van der Waals surface area contributed by atoms with Gasteiger partial charge in [-0.25, -0.2) is 14.2 Å². The van der Waals surface area contributed by atoms with Gasteiger partial charge in [-0.3, -0.25) is 0 Å². The number of carbonyl (C=O) groups is 1. The van der Waals surface area contributed by atoms with Crippen molar-refractivity contribution in [3.8, 4) is 23.1 Å². The van der Waals surface area contributed by atoms with Crippen molar-refractivity contribution < 1.29 is 23.4 Å². The molecule has 0 spiro atoms. The van der Waals surface area contributed by atoms with Crippen LogP contribution >= 0.6 is 11.6 Å². The van der Waals surface area contributed by atoms with Gasteiger partial charge in [-0.15, -0.1) is 0 Å². The second kappa shape index (κ2) is 7.84. The van der Waals surface area contributed by atoms with Crippen molar-refractivity contribution >= 4 is 17.6 Å². The maximum absolute atomic E-state index is 13.0. The summed E-state index contributed by atoms with van der Waals surface area (Å²) >= 11 is 6.00. The summed E-state index contributed by atoms with van der Waals surface area (Å²) in [6, 6.07) is 15.0. The van der Waals surface area contributed by atoms with E-state index in [4.69, 9.17) is 21.1 Å². The van der Waals surface area contributed by atoms with Crippen molar-refractivity contribution in [2.24, 2.45) is 0 Å². The standard InChI is InChI=1S/C19H13ClFNO4/c1-24-19(23)12-2-6-15(7-3-12)26-18-11-16(10-17(20)22-18)25-14-8-4-13(21)5-9-14/h2-11H,1H3. The van der Waals surface area contributed by atoms with Crippen LogP contribution in [0.15, 0.2) is 60.7 Å². The zero-order valence-electron chi connectivity index (χ0n) is 13.6. The van der Waals surface area contributed by atoms with Gasteiger partial charge in [0.2, 0.25) is 5.88 Å². The van der Waals surface area contributed by atoms with E-state index in [2.05, 4.69) is 9.72 Å². The van der Waals surface area contributed by atoms with Crippen molar-refractivity contribution in [3.05, 3.63) is 77.2 Å². The molecule has 0 unspecified atom stereocenters. The molecule has 1 aromatic heterocycles. The number of ether oxygens (including phenoxy) is 3. The number of halogens is 2. The van der Waals surface area contributed by atoms with Crippen LogP contribution < -0.4 is 9.47 Å². The van der Waals surface area contributed by atoms with E-state index in [0.717, 1.165) is 0 Å². The summed E-state index contributed by atoms with van der Waals surface area (Å²) in [6.45, 7) is 0. The van der Waals surface area contributed by atoms with Gasteiger partial charge in [-0.05, 0) is 48.5 Å². The molecule has 7 heteroatoms. The molecule has 5 nitrogen and oxygen atoms in total. The van der Waals surface area contributed by atoms with Crippen molar-refractivity contribution in [2.75, 3.05) is 7.11 Å². The average molecular weight is 374 g/mol. The normalized spacial score (nSPS) is 10.3. The maximum atomic E-state index is 13.0. The highest BCUT2D eigenvalue weighted by Gasteiger charge is 2.08. The quantitative estimate of drug-likeness (QED) is 0.452. The second-order valence-corrected chi connectivity index (χ2v) is 5.53. The largest absolute Gasteiger partial charge is 0.465 e. The lowest BCUT2D eigenvalue weighted by Gasteiger charge is -2.09. The molecule has 132 valence electrons. The number of benzene rings is 2. The minimum absolute atomic E-state index is 0.172. The number of carbonyl (C=O) groups excluding carboxylic acids is 1. The lowest BCUT2D eigenvalue weighted by atomic mass is 10.2. The zero-order chi connectivity index (χ0) is 18.5. The topological polar surface area (TPSA) is 57.7 Å². The molecule has 0 saturated heterocycles. The molecule has 0 radical (unpaired) electrons. The van der Waals surface area contributed by atoms with Crippen LogP contribution in [0.1, 0.15) is 10.4 Å². The van der Waals surface area contributed by atoms with Crippen molar-refractivity contribution in [2.45, 2.75) is 0 Å². The molecule has 0 aliphatic rings. The Morgan fingerprint density at radius 2 is 1.54 bits per heavy atom. The predicted octanol–water partition coefficient (Wildman–Crippen LogP) is 5.25. The van der Waals surface area contributed by atoms with E-state index in [9.17, 15) is 9.18 Å².